The fraction of sp³-hybridized carbons (Fsp3) is 0.939. The Balaban J connectivity index is 1.05. The summed E-state index contributed by atoms with van der Waals surface area (Å²) in [6.45, 7) is 17.0. The van der Waals surface area contributed by atoms with Crippen molar-refractivity contribution in [1.82, 2.24) is 0 Å². The first-order chi connectivity index (χ1) is 26.8. The lowest BCUT2D eigenvalue weighted by molar-refractivity contribution is -0.313. The molecule has 14 unspecified atom stereocenters. The zero-order chi connectivity index (χ0) is 40.5. The second-order valence-corrected chi connectivity index (χ2v) is 20.6. The molecule has 0 bridgehead atoms. The summed E-state index contributed by atoms with van der Waals surface area (Å²) in [5.74, 6) is 5.17. The third kappa shape index (κ3) is 11.2. The molecule has 3 N–H and O–H groups in total. The summed E-state index contributed by atoms with van der Waals surface area (Å²) < 4.78 is 18.0. The lowest BCUT2D eigenvalue weighted by Crippen LogP contribution is -2.60. The van der Waals surface area contributed by atoms with Crippen LogP contribution in [0.4, 0.5) is 0 Å². The minimum atomic E-state index is -1.44. The topological polar surface area (TPSA) is 105 Å². The summed E-state index contributed by atoms with van der Waals surface area (Å²) >= 11 is 0. The van der Waals surface area contributed by atoms with E-state index < -0.39 is 30.7 Å². The molecular formula is C49H86O7. The minimum Gasteiger partial charge on any atom is -0.463 e. The maximum Gasteiger partial charge on any atom is 0.305 e. The number of esters is 1. The number of hydrogen-bond donors (Lipinski definition) is 3. The molecule has 0 spiro atoms. The van der Waals surface area contributed by atoms with E-state index in [4.69, 9.17) is 14.2 Å². The van der Waals surface area contributed by atoms with Crippen LogP contribution in [0.3, 0.4) is 0 Å². The Morgan fingerprint density at radius 3 is 2.12 bits per heavy atom. The van der Waals surface area contributed by atoms with Crippen LogP contribution in [0.2, 0.25) is 0 Å². The maximum atomic E-state index is 12.6. The number of unbranched alkanes of at least 4 members (excludes halogenated alkanes) is 11. The van der Waals surface area contributed by atoms with Crippen molar-refractivity contribution in [2.75, 3.05) is 6.61 Å². The Hall–Kier alpha value is -0.990. The van der Waals surface area contributed by atoms with Crippen molar-refractivity contribution in [2.24, 2.45) is 52.3 Å². The number of allylic oxidation sites excluding steroid dienone is 1. The van der Waals surface area contributed by atoms with Crippen molar-refractivity contribution >= 4 is 5.97 Å². The predicted octanol–water partition coefficient (Wildman–Crippen LogP) is 11.1. The van der Waals surface area contributed by atoms with Crippen LogP contribution >= 0.6 is 0 Å². The molecule has 7 nitrogen and oxygen atoms in total. The largest absolute Gasteiger partial charge is 0.463 e. The third-order valence-electron chi connectivity index (χ3n) is 16.7. The summed E-state index contributed by atoms with van der Waals surface area (Å²) in [6, 6.07) is 0. The van der Waals surface area contributed by atoms with E-state index >= 15 is 0 Å². The van der Waals surface area contributed by atoms with Gasteiger partial charge in [0.15, 0.2) is 6.29 Å². The van der Waals surface area contributed by atoms with Crippen molar-refractivity contribution in [2.45, 2.75) is 233 Å². The van der Waals surface area contributed by atoms with Crippen LogP contribution in [0, 0.1) is 52.3 Å². The van der Waals surface area contributed by atoms with Gasteiger partial charge in [0.25, 0.3) is 0 Å². The first kappa shape index (κ1) is 46.1. The fourth-order valence-corrected chi connectivity index (χ4v) is 12.5. The molecule has 4 aliphatic carbocycles. The van der Waals surface area contributed by atoms with Gasteiger partial charge in [0.05, 0.1) is 6.10 Å². The maximum absolute atomic E-state index is 12.6. The minimum absolute atomic E-state index is 0.138. The lowest BCUT2D eigenvalue weighted by Gasteiger charge is -2.58. The van der Waals surface area contributed by atoms with Gasteiger partial charge in [-0.1, -0.05) is 144 Å². The van der Waals surface area contributed by atoms with E-state index in [1.54, 1.807) is 0 Å². The molecule has 56 heavy (non-hydrogen) atoms. The fourth-order valence-electron chi connectivity index (χ4n) is 12.5. The average molecular weight is 787 g/mol. The van der Waals surface area contributed by atoms with Crippen molar-refractivity contribution < 1.29 is 34.3 Å². The van der Waals surface area contributed by atoms with E-state index in [1.165, 1.54) is 102 Å². The van der Waals surface area contributed by atoms with Gasteiger partial charge in [0.1, 0.15) is 31.0 Å². The van der Waals surface area contributed by atoms with Gasteiger partial charge in [-0.15, -0.1) is 0 Å². The van der Waals surface area contributed by atoms with E-state index in [1.807, 2.05) is 0 Å². The highest BCUT2D eigenvalue weighted by molar-refractivity contribution is 5.69. The molecule has 5 rings (SSSR count). The smallest absolute Gasteiger partial charge is 0.305 e. The number of carbonyl (C=O) groups excluding carboxylic acids is 1. The molecule has 1 aliphatic heterocycles. The number of carbonyl (C=O) groups is 1. The molecule has 3 saturated carbocycles. The Morgan fingerprint density at radius 2 is 1.46 bits per heavy atom. The Bertz CT molecular complexity index is 1220. The van der Waals surface area contributed by atoms with Crippen LogP contribution in [-0.4, -0.2) is 64.7 Å². The Labute approximate surface area is 342 Å². The molecule has 0 aromatic rings. The van der Waals surface area contributed by atoms with Crippen LogP contribution in [0.5, 0.6) is 0 Å². The third-order valence-corrected chi connectivity index (χ3v) is 16.7. The van der Waals surface area contributed by atoms with Crippen molar-refractivity contribution in [3.8, 4) is 0 Å². The van der Waals surface area contributed by atoms with Crippen molar-refractivity contribution in [3.63, 3.8) is 0 Å². The summed E-state index contributed by atoms with van der Waals surface area (Å²) in [5, 5.41) is 32.4. The molecule has 5 aliphatic rings. The SMILES string of the molecule is CCCCCCCCCCCCCCC(=O)OCC1OC(OC2CCC3(C)C(=CCC4C3CCC3(C)C(C(C)CCC(C)C(C)C)CCC43)C2)C(O)C(O)C1O. The molecule has 0 aromatic heterocycles. The van der Waals surface area contributed by atoms with Gasteiger partial charge in [-0.25, -0.2) is 0 Å². The van der Waals surface area contributed by atoms with E-state index in [0.29, 0.717) is 17.8 Å². The molecular weight excluding hydrogens is 701 g/mol. The quantitative estimate of drug-likeness (QED) is 0.0570. The number of fused-ring (bicyclic) bond motifs is 5. The van der Waals surface area contributed by atoms with Crippen LogP contribution in [0.25, 0.3) is 0 Å². The van der Waals surface area contributed by atoms with Crippen LogP contribution in [0.15, 0.2) is 11.6 Å². The van der Waals surface area contributed by atoms with E-state index in [9.17, 15) is 20.1 Å². The van der Waals surface area contributed by atoms with E-state index in [-0.39, 0.29) is 24.1 Å². The highest BCUT2D eigenvalue weighted by atomic mass is 16.7. The molecule has 1 saturated heterocycles. The first-order valence-corrected chi connectivity index (χ1v) is 24.0. The standard InChI is InChI=1S/C49H86O7/c1-8-9-10-11-12-13-14-15-16-17-18-19-20-43(50)54-32-42-44(51)45(52)46(53)47(56-42)55-37-27-29-48(6)36(31-37)23-24-38-40-26-25-39(49(40,7)30-28-41(38)48)35(5)22-21-34(4)33(2)3/h23,33-35,37-42,44-47,51-53H,8-22,24-32H2,1-7H3. The number of ether oxygens (including phenoxy) is 3. The number of aliphatic hydroxyl groups excluding tert-OH is 3. The van der Waals surface area contributed by atoms with Crippen LogP contribution < -0.4 is 0 Å². The predicted molar refractivity (Wildman–Crippen MR) is 226 cm³/mol. The highest BCUT2D eigenvalue weighted by Gasteiger charge is 2.59. The lowest BCUT2D eigenvalue weighted by atomic mass is 9.47. The summed E-state index contributed by atoms with van der Waals surface area (Å²) in [6.07, 6.45) is 23.4. The Morgan fingerprint density at radius 1 is 0.804 bits per heavy atom. The molecule has 0 aromatic carbocycles. The van der Waals surface area contributed by atoms with Gasteiger partial charge in [-0.2, -0.15) is 0 Å². The van der Waals surface area contributed by atoms with Gasteiger partial charge in [0.2, 0.25) is 0 Å². The van der Waals surface area contributed by atoms with Gasteiger partial charge in [-0.3, -0.25) is 4.79 Å². The molecule has 4 fully saturated rings. The molecule has 7 heteroatoms. The summed E-state index contributed by atoms with van der Waals surface area (Å²) in [7, 11) is 0. The van der Waals surface area contributed by atoms with E-state index in [0.717, 1.165) is 80.5 Å². The zero-order valence-electron chi connectivity index (χ0n) is 37.0. The monoisotopic (exact) mass is 787 g/mol. The average Bonchev–Trinajstić information content (AvgIpc) is 3.54. The van der Waals surface area contributed by atoms with Crippen LogP contribution in [-0.2, 0) is 19.0 Å². The Kier molecular flexibility index (Phi) is 17.7. The van der Waals surface area contributed by atoms with Gasteiger partial charge < -0.3 is 29.5 Å². The summed E-state index contributed by atoms with van der Waals surface area (Å²) in [5.41, 5.74) is 2.13. The second kappa shape index (κ2) is 21.5. The molecule has 1 heterocycles. The first-order valence-electron chi connectivity index (χ1n) is 24.0. The second-order valence-electron chi connectivity index (χ2n) is 20.6. The highest BCUT2D eigenvalue weighted by Crippen LogP contribution is 2.67. The van der Waals surface area contributed by atoms with Gasteiger partial charge in [0, 0.05) is 6.42 Å². The number of rotatable bonds is 22. The summed E-state index contributed by atoms with van der Waals surface area (Å²) in [4.78, 5) is 12.6. The van der Waals surface area contributed by atoms with Gasteiger partial charge >= 0.3 is 5.97 Å². The van der Waals surface area contributed by atoms with Crippen LogP contribution in [0.1, 0.15) is 196 Å². The van der Waals surface area contributed by atoms with Crippen molar-refractivity contribution in [1.29, 1.82) is 0 Å². The van der Waals surface area contributed by atoms with E-state index in [2.05, 4.69) is 54.5 Å². The zero-order valence-corrected chi connectivity index (χ0v) is 37.0. The molecule has 0 radical (unpaired) electrons. The molecule has 14 atom stereocenters. The normalized spacial score (nSPS) is 38.0. The molecule has 0 amide bonds. The number of aliphatic hydroxyl groups is 3. The van der Waals surface area contributed by atoms with Gasteiger partial charge in [-0.05, 0) is 110 Å². The van der Waals surface area contributed by atoms with Crippen molar-refractivity contribution in [3.05, 3.63) is 11.6 Å². The molecule has 324 valence electrons. The number of hydrogen-bond acceptors (Lipinski definition) is 7.